The molecule has 2 fully saturated rings. The number of carbonyl (C=O) groups excluding carboxylic acids is 1. The summed E-state index contributed by atoms with van der Waals surface area (Å²) in [6.07, 6.45) is 2.51. The number of hydrogen-bond donors (Lipinski definition) is 1. The molecule has 0 aromatic carbocycles. The van der Waals surface area contributed by atoms with Crippen molar-refractivity contribution in [1.29, 1.82) is 0 Å². The van der Waals surface area contributed by atoms with Gasteiger partial charge in [-0.05, 0) is 18.4 Å². The first kappa shape index (κ1) is 20.1. The Morgan fingerprint density at radius 3 is 2.63 bits per heavy atom. The van der Waals surface area contributed by atoms with Crippen molar-refractivity contribution >= 4 is 21.6 Å². The number of piperazine rings is 1. The molecular weight excluding hydrogens is 364 g/mol. The molecule has 1 aromatic rings. The normalized spacial score (nSPS) is 22.9. The molecule has 27 heavy (non-hydrogen) atoms. The molecule has 0 aliphatic carbocycles. The Labute approximate surface area is 162 Å². The van der Waals surface area contributed by atoms with Gasteiger partial charge in [-0.2, -0.15) is 0 Å². The Kier molecular flexibility index (Phi) is 6.37. The molecule has 0 radical (unpaired) electrons. The molecule has 7 nitrogen and oxygen atoms in total. The smallest absolute Gasteiger partial charge is 0.278 e. The second-order valence-electron chi connectivity index (χ2n) is 8.16. The number of pyridine rings is 1. The number of hydrogen-bond acceptors (Lipinski definition) is 4. The van der Waals surface area contributed by atoms with Crippen LogP contribution in [-0.4, -0.2) is 76.0 Å². The molecule has 0 saturated carbocycles. The second-order valence-corrected chi connectivity index (χ2v) is 10.4. The van der Waals surface area contributed by atoms with Gasteiger partial charge in [0.1, 0.15) is 26.2 Å². The minimum absolute atomic E-state index is 0.0977. The van der Waals surface area contributed by atoms with Crippen LogP contribution in [0.2, 0.25) is 0 Å². The van der Waals surface area contributed by atoms with Crippen LogP contribution in [-0.2, 0) is 14.6 Å². The number of quaternary nitrogens is 1. The molecule has 2 aliphatic rings. The maximum atomic E-state index is 13.0. The fourth-order valence-electron chi connectivity index (χ4n) is 4.01. The van der Waals surface area contributed by atoms with E-state index in [0.717, 1.165) is 32.0 Å². The van der Waals surface area contributed by atoms with Gasteiger partial charge in [0.25, 0.3) is 11.7 Å². The average Bonchev–Trinajstić information content (AvgIpc) is 3.00. The summed E-state index contributed by atoms with van der Waals surface area (Å²) in [5, 5.41) is 0. The summed E-state index contributed by atoms with van der Waals surface area (Å²) < 4.78 is 23.7. The number of carbonyl (C=O) groups is 1. The van der Waals surface area contributed by atoms with Crippen LogP contribution in [0.1, 0.15) is 20.3 Å². The second kappa shape index (κ2) is 8.56. The van der Waals surface area contributed by atoms with Crippen LogP contribution in [0.4, 0.5) is 5.82 Å². The fourth-order valence-corrected chi connectivity index (χ4v) is 5.74. The molecule has 2 saturated heterocycles. The van der Waals surface area contributed by atoms with Gasteiger partial charge in [-0.15, -0.1) is 0 Å². The van der Waals surface area contributed by atoms with E-state index in [-0.39, 0.29) is 23.5 Å². The fraction of sp³-hybridized carbons (Fsp3) is 0.684. The van der Waals surface area contributed by atoms with Gasteiger partial charge >= 0.3 is 0 Å². The summed E-state index contributed by atoms with van der Waals surface area (Å²) in [6.45, 7) is 8.88. The van der Waals surface area contributed by atoms with E-state index >= 15 is 0 Å². The zero-order chi connectivity index (χ0) is 19.4. The minimum atomic E-state index is -2.99. The Morgan fingerprint density at radius 1 is 1.33 bits per heavy atom. The van der Waals surface area contributed by atoms with Crippen molar-refractivity contribution in [2.45, 2.75) is 26.3 Å². The van der Waals surface area contributed by atoms with Gasteiger partial charge in [0.2, 0.25) is 0 Å². The first-order valence-electron chi connectivity index (χ1n) is 9.89. The van der Waals surface area contributed by atoms with E-state index in [1.807, 2.05) is 23.2 Å². The maximum Gasteiger partial charge on any atom is 0.278 e. The van der Waals surface area contributed by atoms with E-state index in [2.05, 4.69) is 29.8 Å². The number of aromatic nitrogens is 1. The molecular formula is C19H32N4O3S+2. The van der Waals surface area contributed by atoms with E-state index in [0.29, 0.717) is 25.4 Å². The number of amides is 1. The van der Waals surface area contributed by atoms with Crippen LogP contribution >= 0.6 is 0 Å². The highest BCUT2D eigenvalue weighted by Crippen LogP contribution is 2.19. The lowest BCUT2D eigenvalue weighted by molar-refractivity contribution is -0.892. The largest absolute Gasteiger partial charge is 0.334 e. The van der Waals surface area contributed by atoms with Gasteiger partial charge in [-0.25, -0.2) is 13.4 Å². The summed E-state index contributed by atoms with van der Waals surface area (Å²) in [5.74, 6) is 1.87. The van der Waals surface area contributed by atoms with Gasteiger partial charge in [-0.1, -0.05) is 19.9 Å². The predicted octanol–water partition coefficient (Wildman–Crippen LogP) is -1.12. The van der Waals surface area contributed by atoms with Crippen LogP contribution < -0.4 is 14.8 Å². The third-order valence-corrected chi connectivity index (χ3v) is 7.19. The topological polar surface area (TPSA) is 76.3 Å². The Hall–Kier alpha value is -1.67. The first-order valence-corrected chi connectivity index (χ1v) is 11.7. The predicted molar refractivity (Wildman–Crippen MR) is 104 cm³/mol. The van der Waals surface area contributed by atoms with Gasteiger partial charge in [0, 0.05) is 18.7 Å². The highest BCUT2D eigenvalue weighted by molar-refractivity contribution is 7.91. The Bertz CT molecular complexity index is 731. The van der Waals surface area contributed by atoms with Crippen molar-refractivity contribution < 1.29 is 23.1 Å². The monoisotopic (exact) mass is 396 g/mol. The summed E-state index contributed by atoms with van der Waals surface area (Å²) >= 11 is 0. The molecule has 1 atom stereocenters. The van der Waals surface area contributed by atoms with Crippen molar-refractivity contribution in [2.24, 2.45) is 5.92 Å². The van der Waals surface area contributed by atoms with Crippen molar-refractivity contribution in [3.63, 3.8) is 0 Å². The van der Waals surface area contributed by atoms with Gasteiger partial charge in [0.05, 0.1) is 17.7 Å². The lowest BCUT2D eigenvalue weighted by Gasteiger charge is -2.33. The van der Waals surface area contributed by atoms with Crippen LogP contribution in [0.15, 0.2) is 24.4 Å². The van der Waals surface area contributed by atoms with E-state index in [4.69, 9.17) is 0 Å². The lowest BCUT2D eigenvalue weighted by Crippen LogP contribution is -3.16. The SMILES string of the molecule is CC(C)CN(C(=O)C[NH+]1CCN(c2cccc[nH+]2)CC1)[C@H]1CCS(=O)(=O)C1. The van der Waals surface area contributed by atoms with Crippen LogP contribution in [0.5, 0.6) is 0 Å². The molecule has 1 aromatic heterocycles. The number of anilines is 1. The molecule has 3 rings (SSSR count). The quantitative estimate of drug-likeness (QED) is 0.661. The van der Waals surface area contributed by atoms with Gasteiger partial charge in [-0.3, -0.25) is 9.69 Å². The van der Waals surface area contributed by atoms with Gasteiger partial charge in [0.15, 0.2) is 16.4 Å². The molecule has 1 amide bonds. The number of sulfone groups is 1. The molecule has 0 bridgehead atoms. The van der Waals surface area contributed by atoms with E-state index in [1.165, 1.54) is 4.90 Å². The van der Waals surface area contributed by atoms with Crippen molar-refractivity contribution in [3.05, 3.63) is 24.4 Å². The molecule has 2 aliphatic heterocycles. The standard InChI is InChI=1S/C19H30N4O3S/c1-16(2)13-23(17-6-12-27(25,26)15-17)19(24)14-21-8-10-22(11-9-21)18-5-3-4-7-20-18/h3-5,7,16-17H,6,8-15H2,1-2H3/p+2/t17-/m0/s1. The van der Waals surface area contributed by atoms with Gasteiger partial charge < -0.3 is 9.80 Å². The van der Waals surface area contributed by atoms with E-state index in [1.54, 1.807) is 0 Å². The molecule has 3 heterocycles. The number of aromatic amines is 1. The highest BCUT2D eigenvalue weighted by Gasteiger charge is 2.36. The lowest BCUT2D eigenvalue weighted by atomic mass is 10.1. The third-order valence-electron chi connectivity index (χ3n) is 5.44. The summed E-state index contributed by atoms with van der Waals surface area (Å²) in [5.41, 5.74) is 0. The number of nitrogens with zero attached hydrogens (tertiary/aromatic N) is 2. The van der Waals surface area contributed by atoms with Crippen LogP contribution in [0, 0.1) is 5.92 Å². The zero-order valence-corrected chi connectivity index (χ0v) is 17.2. The number of rotatable bonds is 6. The van der Waals surface area contributed by atoms with E-state index < -0.39 is 9.84 Å². The summed E-state index contributed by atoms with van der Waals surface area (Å²) in [4.78, 5) is 21.7. The molecule has 8 heteroatoms. The summed E-state index contributed by atoms with van der Waals surface area (Å²) in [6, 6.07) is 5.91. The Balaban J connectivity index is 1.56. The average molecular weight is 397 g/mol. The molecule has 2 N–H and O–H groups in total. The third kappa shape index (κ3) is 5.42. The summed E-state index contributed by atoms with van der Waals surface area (Å²) in [7, 11) is -2.99. The highest BCUT2D eigenvalue weighted by atomic mass is 32.2. The maximum absolute atomic E-state index is 13.0. The minimum Gasteiger partial charge on any atom is -0.334 e. The first-order chi connectivity index (χ1) is 12.8. The number of H-pyrrole nitrogens is 1. The Morgan fingerprint density at radius 2 is 2.07 bits per heavy atom. The molecule has 0 unspecified atom stereocenters. The van der Waals surface area contributed by atoms with Crippen molar-refractivity contribution in [1.82, 2.24) is 4.90 Å². The molecule has 150 valence electrons. The van der Waals surface area contributed by atoms with Crippen molar-refractivity contribution in [2.75, 3.05) is 55.7 Å². The molecule has 0 spiro atoms. The number of nitrogens with one attached hydrogen (secondary N) is 2. The van der Waals surface area contributed by atoms with E-state index in [9.17, 15) is 13.2 Å². The zero-order valence-electron chi connectivity index (χ0n) is 16.4. The van der Waals surface area contributed by atoms with Crippen LogP contribution in [0.3, 0.4) is 0 Å². The van der Waals surface area contributed by atoms with Crippen LogP contribution in [0.25, 0.3) is 0 Å². The van der Waals surface area contributed by atoms with Crippen molar-refractivity contribution in [3.8, 4) is 0 Å².